The number of amides is 1. The van der Waals surface area contributed by atoms with Crippen LogP contribution in [0.5, 0.6) is 0 Å². The summed E-state index contributed by atoms with van der Waals surface area (Å²) >= 11 is 0. The van der Waals surface area contributed by atoms with Gasteiger partial charge in [-0.3, -0.25) is 4.79 Å². The normalized spacial score (nSPS) is 15.1. The molecule has 2 N–H and O–H groups in total. The van der Waals surface area contributed by atoms with E-state index >= 15 is 0 Å². The monoisotopic (exact) mass is 331 g/mol. The summed E-state index contributed by atoms with van der Waals surface area (Å²) in [6.45, 7) is 3.62. The van der Waals surface area contributed by atoms with Gasteiger partial charge in [-0.05, 0) is 51.0 Å². The van der Waals surface area contributed by atoms with Gasteiger partial charge in [0.25, 0.3) is 0 Å². The van der Waals surface area contributed by atoms with Crippen LogP contribution in [0.25, 0.3) is 5.69 Å². The molecule has 6 nitrogen and oxygen atoms in total. The lowest BCUT2D eigenvalue weighted by Crippen LogP contribution is -2.43. The first kappa shape index (κ1) is 16.2. The molecule has 1 amide bonds. The number of hydrogen-bond donors (Lipinski definition) is 2. The van der Waals surface area contributed by atoms with E-state index in [0.29, 0.717) is 24.2 Å². The summed E-state index contributed by atoms with van der Waals surface area (Å²) in [5.41, 5.74) is 1.82. The topological polar surface area (TPSA) is 84.2 Å². The molecule has 0 unspecified atom stereocenters. The van der Waals surface area contributed by atoms with E-state index in [4.69, 9.17) is 5.11 Å². The molecule has 126 valence electrons. The predicted octanol–water partition coefficient (Wildman–Crippen LogP) is 1.90. The number of carbonyl (C=O) groups is 2. The molecule has 7 heteroatoms. The molecule has 1 aliphatic rings. The second-order valence-corrected chi connectivity index (χ2v) is 6.15. The van der Waals surface area contributed by atoms with E-state index in [1.165, 1.54) is 12.1 Å². The van der Waals surface area contributed by atoms with Gasteiger partial charge in [-0.25, -0.2) is 13.9 Å². The lowest BCUT2D eigenvalue weighted by molar-refractivity contribution is -0.143. The molecule has 1 aliphatic carbocycles. The van der Waals surface area contributed by atoms with Crippen LogP contribution in [0.15, 0.2) is 24.3 Å². The lowest BCUT2D eigenvalue weighted by Gasteiger charge is -2.12. The Labute approximate surface area is 138 Å². The first-order valence-corrected chi connectivity index (χ1v) is 7.68. The van der Waals surface area contributed by atoms with Gasteiger partial charge in [0.1, 0.15) is 11.4 Å². The molecule has 0 atom stereocenters. The van der Waals surface area contributed by atoms with E-state index < -0.39 is 11.5 Å². The van der Waals surface area contributed by atoms with Crippen LogP contribution in [0.1, 0.15) is 29.8 Å². The van der Waals surface area contributed by atoms with Gasteiger partial charge in [0.15, 0.2) is 0 Å². The first-order valence-electron chi connectivity index (χ1n) is 7.68. The van der Waals surface area contributed by atoms with Crippen LogP contribution in [-0.2, 0) is 16.0 Å². The average Bonchev–Trinajstić information content (AvgIpc) is 3.26. The molecule has 0 saturated heterocycles. The summed E-state index contributed by atoms with van der Waals surface area (Å²) in [5, 5.41) is 16.2. The number of benzene rings is 1. The maximum Gasteiger partial charge on any atom is 0.329 e. The minimum atomic E-state index is -1.09. The molecule has 1 saturated carbocycles. The SMILES string of the molecule is Cc1nn(-c2ccc(F)cc2)c(C)c1CC(=O)NC1(C(=O)O)CC1. The highest BCUT2D eigenvalue weighted by Gasteiger charge is 2.51. The zero-order chi connectivity index (χ0) is 17.5. The second kappa shape index (κ2) is 5.74. The number of nitrogens with one attached hydrogen (secondary N) is 1. The molecule has 24 heavy (non-hydrogen) atoms. The Morgan fingerprint density at radius 1 is 1.29 bits per heavy atom. The number of halogens is 1. The fourth-order valence-electron chi connectivity index (χ4n) is 2.75. The number of carbonyl (C=O) groups excluding carboxylic acids is 1. The van der Waals surface area contributed by atoms with E-state index in [2.05, 4.69) is 10.4 Å². The molecule has 0 aliphatic heterocycles. The molecule has 1 aromatic heterocycles. The number of nitrogens with zero attached hydrogens (tertiary/aromatic N) is 2. The number of carboxylic acids is 1. The summed E-state index contributed by atoms with van der Waals surface area (Å²) in [4.78, 5) is 23.4. The predicted molar refractivity (Wildman–Crippen MR) is 84.4 cm³/mol. The minimum absolute atomic E-state index is 0.0634. The average molecular weight is 331 g/mol. The molecule has 2 aromatic rings. The van der Waals surface area contributed by atoms with Gasteiger partial charge in [0.05, 0.1) is 17.8 Å². The third-order valence-electron chi connectivity index (χ3n) is 4.39. The largest absolute Gasteiger partial charge is 0.480 e. The fraction of sp³-hybridized carbons (Fsp3) is 0.353. The Bertz CT molecular complexity index is 807. The van der Waals surface area contributed by atoms with E-state index in [-0.39, 0.29) is 18.1 Å². The van der Waals surface area contributed by atoms with Crippen molar-refractivity contribution in [2.45, 2.75) is 38.6 Å². The van der Waals surface area contributed by atoms with Crippen molar-refractivity contribution in [1.29, 1.82) is 0 Å². The zero-order valence-corrected chi connectivity index (χ0v) is 13.5. The van der Waals surface area contributed by atoms with Crippen molar-refractivity contribution in [3.05, 3.63) is 47.0 Å². The Hall–Kier alpha value is -2.70. The highest BCUT2D eigenvalue weighted by atomic mass is 19.1. The van der Waals surface area contributed by atoms with Gasteiger partial charge < -0.3 is 10.4 Å². The molecule has 1 fully saturated rings. The first-order chi connectivity index (χ1) is 11.3. The van der Waals surface area contributed by atoms with Crippen LogP contribution in [0.3, 0.4) is 0 Å². The summed E-state index contributed by atoms with van der Waals surface area (Å²) in [6, 6.07) is 5.92. The van der Waals surface area contributed by atoms with Crippen molar-refractivity contribution in [3.63, 3.8) is 0 Å². The highest BCUT2D eigenvalue weighted by Crippen LogP contribution is 2.35. The number of hydrogen-bond acceptors (Lipinski definition) is 3. The smallest absolute Gasteiger partial charge is 0.329 e. The Kier molecular flexibility index (Phi) is 3.87. The van der Waals surface area contributed by atoms with Crippen molar-refractivity contribution < 1.29 is 19.1 Å². The van der Waals surface area contributed by atoms with Gasteiger partial charge in [-0.1, -0.05) is 0 Å². The van der Waals surface area contributed by atoms with Crippen LogP contribution >= 0.6 is 0 Å². The van der Waals surface area contributed by atoms with Crippen LogP contribution < -0.4 is 5.32 Å². The van der Waals surface area contributed by atoms with Crippen LogP contribution in [-0.4, -0.2) is 32.3 Å². The number of rotatable bonds is 5. The van der Waals surface area contributed by atoms with Gasteiger partial charge in [-0.15, -0.1) is 0 Å². The highest BCUT2D eigenvalue weighted by molar-refractivity contribution is 5.90. The van der Waals surface area contributed by atoms with E-state index in [0.717, 1.165) is 11.3 Å². The Morgan fingerprint density at radius 2 is 1.92 bits per heavy atom. The molecule has 3 rings (SSSR count). The van der Waals surface area contributed by atoms with Gasteiger partial charge in [0.2, 0.25) is 5.91 Å². The lowest BCUT2D eigenvalue weighted by atomic mass is 10.1. The van der Waals surface area contributed by atoms with Gasteiger partial charge in [0, 0.05) is 11.3 Å². The van der Waals surface area contributed by atoms with Crippen LogP contribution in [0.4, 0.5) is 4.39 Å². The van der Waals surface area contributed by atoms with Gasteiger partial charge >= 0.3 is 5.97 Å². The maximum absolute atomic E-state index is 13.1. The number of aliphatic carboxylic acids is 1. The molecule has 0 bridgehead atoms. The van der Waals surface area contributed by atoms with Crippen molar-refractivity contribution >= 4 is 11.9 Å². The third-order valence-corrected chi connectivity index (χ3v) is 4.39. The van der Waals surface area contributed by atoms with Crippen molar-refractivity contribution in [2.24, 2.45) is 0 Å². The molecular weight excluding hydrogens is 313 g/mol. The van der Waals surface area contributed by atoms with Crippen molar-refractivity contribution in [3.8, 4) is 5.69 Å². The van der Waals surface area contributed by atoms with E-state index in [1.54, 1.807) is 23.7 Å². The molecule has 1 heterocycles. The minimum Gasteiger partial charge on any atom is -0.480 e. The zero-order valence-electron chi connectivity index (χ0n) is 13.5. The van der Waals surface area contributed by atoms with Crippen molar-refractivity contribution in [2.75, 3.05) is 0 Å². The number of aromatic nitrogens is 2. The Balaban J connectivity index is 1.81. The number of carboxylic acid groups (broad SMARTS) is 1. The molecular formula is C17H18FN3O3. The molecule has 1 aromatic carbocycles. The van der Waals surface area contributed by atoms with Crippen LogP contribution in [0, 0.1) is 19.7 Å². The summed E-state index contributed by atoms with van der Waals surface area (Å²) in [5.74, 6) is -1.66. The maximum atomic E-state index is 13.1. The number of aryl methyl sites for hydroxylation is 1. The third kappa shape index (κ3) is 2.89. The second-order valence-electron chi connectivity index (χ2n) is 6.15. The Morgan fingerprint density at radius 3 is 2.46 bits per heavy atom. The summed E-state index contributed by atoms with van der Waals surface area (Å²) in [6.07, 6.45) is 0.982. The quantitative estimate of drug-likeness (QED) is 0.876. The fourth-order valence-corrected chi connectivity index (χ4v) is 2.75. The summed E-state index contributed by atoms with van der Waals surface area (Å²) < 4.78 is 14.7. The van der Waals surface area contributed by atoms with E-state index in [9.17, 15) is 14.0 Å². The van der Waals surface area contributed by atoms with Crippen molar-refractivity contribution in [1.82, 2.24) is 15.1 Å². The van der Waals surface area contributed by atoms with Crippen LogP contribution in [0.2, 0.25) is 0 Å². The summed E-state index contributed by atoms with van der Waals surface area (Å²) in [7, 11) is 0. The van der Waals surface area contributed by atoms with Gasteiger partial charge in [-0.2, -0.15) is 5.10 Å². The standard InChI is InChI=1S/C17H18FN3O3/c1-10-14(9-15(22)19-17(7-8-17)16(23)24)11(2)21(20-10)13-5-3-12(18)4-6-13/h3-6H,7-9H2,1-2H3,(H,19,22)(H,23,24). The van der Waals surface area contributed by atoms with E-state index in [1.807, 2.05) is 6.92 Å². The molecule has 0 spiro atoms. The molecule has 0 radical (unpaired) electrons.